The van der Waals surface area contributed by atoms with Gasteiger partial charge >= 0.3 is 0 Å². The number of amides is 1. The number of hydrogen-bond donors (Lipinski definition) is 1. The SMILES string of the molecule is COc1ccc(/C=N/NC(=O)CN(C2CCCCC2)S(=O)(=O)c2c(C)cc(C)cc2C)cc1OC. The first-order valence-electron chi connectivity index (χ1n) is 11.8. The van der Waals surface area contributed by atoms with Crippen LogP contribution in [0.3, 0.4) is 0 Å². The van der Waals surface area contributed by atoms with Crippen molar-refractivity contribution in [1.82, 2.24) is 9.73 Å². The summed E-state index contributed by atoms with van der Waals surface area (Å²) in [5.74, 6) is 0.642. The van der Waals surface area contributed by atoms with E-state index in [1.54, 1.807) is 39.2 Å². The van der Waals surface area contributed by atoms with Crippen molar-refractivity contribution < 1.29 is 22.7 Å². The molecule has 0 aliphatic heterocycles. The molecular weight excluding hydrogens is 466 g/mol. The van der Waals surface area contributed by atoms with Crippen molar-refractivity contribution in [1.29, 1.82) is 0 Å². The number of nitrogens with zero attached hydrogens (tertiary/aromatic N) is 2. The molecule has 0 spiro atoms. The van der Waals surface area contributed by atoms with Crippen LogP contribution >= 0.6 is 0 Å². The Hall–Kier alpha value is -2.91. The molecule has 1 amide bonds. The summed E-state index contributed by atoms with van der Waals surface area (Å²) in [5.41, 5.74) is 5.57. The van der Waals surface area contributed by atoms with Crippen LogP contribution in [-0.4, -0.2) is 51.7 Å². The molecule has 0 unspecified atom stereocenters. The number of ether oxygens (including phenoxy) is 2. The first-order chi connectivity index (χ1) is 16.7. The highest BCUT2D eigenvalue weighted by molar-refractivity contribution is 7.89. The molecule has 0 heterocycles. The highest BCUT2D eigenvalue weighted by Gasteiger charge is 2.35. The fourth-order valence-electron chi connectivity index (χ4n) is 4.76. The molecule has 1 fully saturated rings. The predicted octanol–water partition coefficient (Wildman–Crippen LogP) is 4.10. The van der Waals surface area contributed by atoms with E-state index in [0.717, 1.165) is 37.7 Å². The van der Waals surface area contributed by atoms with Gasteiger partial charge in [-0.2, -0.15) is 9.41 Å². The van der Waals surface area contributed by atoms with E-state index >= 15 is 0 Å². The number of aryl methyl sites for hydroxylation is 3. The van der Waals surface area contributed by atoms with E-state index in [2.05, 4.69) is 10.5 Å². The van der Waals surface area contributed by atoms with Gasteiger partial charge in [0.1, 0.15) is 0 Å². The Morgan fingerprint density at radius 2 is 1.66 bits per heavy atom. The van der Waals surface area contributed by atoms with Gasteiger partial charge in [0.05, 0.1) is 31.9 Å². The zero-order valence-electron chi connectivity index (χ0n) is 21.1. The number of carbonyl (C=O) groups excluding carboxylic acids is 1. The fourth-order valence-corrected chi connectivity index (χ4v) is 6.82. The second-order valence-electron chi connectivity index (χ2n) is 8.98. The largest absolute Gasteiger partial charge is 0.493 e. The highest BCUT2D eigenvalue weighted by Crippen LogP contribution is 2.31. The van der Waals surface area contributed by atoms with E-state index in [9.17, 15) is 13.2 Å². The van der Waals surface area contributed by atoms with Gasteiger partial charge in [0, 0.05) is 6.04 Å². The van der Waals surface area contributed by atoms with E-state index in [1.165, 1.54) is 17.6 Å². The number of rotatable bonds is 9. The van der Waals surface area contributed by atoms with Gasteiger partial charge in [0.2, 0.25) is 10.0 Å². The number of benzene rings is 2. The molecule has 0 saturated heterocycles. The normalized spacial score (nSPS) is 14.9. The van der Waals surface area contributed by atoms with Crippen molar-refractivity contribution in [3.63, 3.8) is 0 Å². The van der Waals surface area contributed by atoms with Crippen molar-refractivity contribution in [2.24, 2.45) is 5.10 Å². The maximum absolute atomic E-state index is 13.8. The lowest BCUT2D eigenvalue weighted by Gasteiger charge is -2.33. The molecule has 2 aromatic rings. The van der Waals surface area contributed by atoms with Gasteiger partial charge in [-0.25, -0.2) is 13.8 Å². The average Bonchev–Trinajstić information content (AvgIpc) is 2.82. The van der Waals surface area contributed by atoms with Gasteiger partial charge in [-0.1, -0.05) is 37.0 Å². The molecule has 0 bridgehead atoms. The van der Waals surface area contributed by atoms with E-state index in [4.69, 9.17) is 9.47 Å². The Kier molecular flexibility index (Phi) is 8.91. The van der Waals surface area contributed by atoms with E-state index in [1.807, 2.05) is 19.1 Å². The minimum Gasteiger partial charge on any atom is -0.493 e. The third-order valence-corrected chi connectivity index (χ3v) is 8.47. The van der Waals surface area contributed by atoms with Crippen LogP contribution in [0.1, 0.15) is 54.4 Å². The van der Waals surface area contributed by atoms with Crippen LogP contribution in [0, 0.1) is 20.8 Å². The molecule has 0 radical (unpaired) electrons. The summed E-state index contributed by atoms with van der Waals surface area (Å²) in [6.45, 7) is 5.26. The van der Waals surface area contributed by atoms with E-state index in [-0.39, 0.29) is 17.5 Å². The number of methoxy groups -OCH3 is 2. The van der Waals surface area contributed by atoms with Gasteiger partial charge in [0.15, 0.2) is 11.5 Å². The molecule has 1 saturated carbocycles. The summed E-state index contributed by atoms with van der Waals surface area (Å²) in [6, 6.07) is 8.77. The Balaban J connectivity index is 1.81. The maximum Gasteiger partial charge on any atom is 0.255 e. The first kappa shape index (κ1) is 26.7. The molecule has 0 atom stereocenters. The van der Waals surface area contributed by atoms with Crippen LogP contribution in [0.5, 0.6) is 11.5 Å². The van der Waals surface area contributed by atoms with Gasteiger partial charge in [0.25, 0.3) is 5.91 Å². The van der Waals surface area contributed by atoms with Crippen molar-refractivity contribution in [3.05, 3.63) is 52.6 Å². The van der Waals surface area contributed by atoms with Crippen molar-refractivity contribution in [2.75, 3.05) is 20.8 Å². The molecule has 1 aliphatic carbocycles. The Morgan fingerprint density at radius 1 is 1.03 bits per heavy atom. The summed E-state index contributed by atoms with van der Waals surface area (Å²) >= 11 is 0. The van der Waals surface area contributed by atoms with Gasteiger partial charge in [-0.15, -0.1) is 0 Å². The lowest BCUT2D eigenvalue weighted by molar-refractivity contribution is -0.121. The molecule has 3 rings (SSSR count). The lowest BCUT2D eigenvalue weighted by Crippen LogP contribution is -2.46. The average molecular weight is 502 g/mol. The van der Waals surface area contributed by atoms with Gasteiger partial charge in [-0.05, 0) is 68.5 Å². The minimum absolute atomic E-state index is 0.213. The predicted molar refractivity (Wildman–Crippen MR) is 137 cm³/mol. The Morgan fingerprint density at radius 3 is 2.26 bits per heavy atom. The minimum atomic E-state index is -3.88. The third-order valence-electron chi connectivity index (χ3n) is 6.26. The molecule has 8 nitrogen and oxygen atoms in total. The standard InChI is InChI=1S/C26H35N3O5S/c1-18-13-19(2)26(20(3)14-18)35(31,32)29(22-9-7-6-8-10-22)17-25(30)28-27-16-21-11-12-23(33-4)24(15-21)34-5/h11-16,22H,6-10,17H2,1-5H3,(H,28,30)/b27-16+. The van der Waals surface area contributed by atoms with Gasteiger partial charge in [-0.3, -0.25) is 4.79 Å². The van der Waals surface area contributed by atoms with Crippen LogP contribution in [0.2, 0.25) is 0 Å². The highest BCUT2D eigenvalue weighted by atomic mass is 32.2. The zero-order chi connectivity index (χ0) is 25.6. The summed E-state index contributed by atoms with van der Waals surface area (Å²) in [4.78, 5) is 13.1. The number of sulfonamides is 1. The summed E-state index contributed by atoms with van der Waals surface area (Å²) in [7, 11) is -0.784. The molecule has 1 aliphatic rings. The van der Waals surface area contributed by atoms with E-state index < -0.39 is 15.9 Å². The van der Waals surface area contributed by atoms with Crippen LogP contribution in [0.4, 0.5) is 0 Å². The fraction of sp³-hybridized carbons (Fsp3) is 0.462. The lowest BCUT2D eigenvalue weighted by atomic mass is 9.95. The number of hydrogen-bond acceptors (Lipinski definition) is 6. The van der Waals surface area contributed by atoms with Crippen molar-refractivity contribution in [2.45, 2.75) is 63.8 Å². The smallest absolute Gasteiger partial charge is 0.255 e. The molecule has 35 heavy (non-hydrogen) atoms. The van der Waals surface area contributed by atoms with Crippen LogP contribution in [0.25, 0.3) is 0 Å². The van der Waals surface area contributed by atoms with E-state index in [0.29, 0.717) is 28.2 Å². The molecule has 0 aromatic heterocycles. The third kappa shape index (κ3) is 6.41. The maximum atomic E-state index is 13.8. The van der Waals surface area contributed by atoms with Gasteiger partial charge < -0.3 is 9.47 Å². The monoisotopic (exact) mass is 501 g/mol. The van der Waals surface area contributed by atoms with Crippen LogP contribution in [0.15, 0.2) is 40.3 Å². The van der Waals surface area contributed by atoms with Crippen molar-refractivity contribution >= 4 is 22.1 Å². The van der Waals surface area contributed by atoms with Crippen molar-refractivity contribution in [3.8, 4) is 11.5 Å². The molecule has 9 heteroatoms. The molecule has 190 valence electrons. The molecule has 1 N–H and O–H groups in total. The topological polar surface area (TPSA) is 97.3 Å². The van der Waals surface area contributed by atoms with Crippen LogP contribution < -0.4 is 14.9 Å². The first-order valence-corrected chi connectivity index (χ1v) is 13.2. The molecule has 2 aromatic carbocycles. The number of carbonyl (C=O) groups is 1. The molecular formula is C26H35N3O5S. The second-order valence-corrected chi connectivity index (χ2v) is 10.8. The summed E-state index contributed by atoms with van der Waals surface area (Å²) in [5, 5.41) is 4.03. The number of hydrazone groups is 1. The van der Waals surface area contributed by atoms with Crippen LogP contribution in [-0.2, 0) is 14.8 Å². The quantitative estimate of drug-likeness (QED) is 0.412. The number of nitrogens with one attached hydrogen (secondary N) is 1. The summed E-state index contributed by atoms with van der Waals surface area (Å²) < 4.78 is 39.5. The second kappa shape index (κ2) is 11.7. The summed E-state index contributed by atoms with van der Waals surface area (Å²) in [6.07, 6.45) is 5.93. The Labute approximate surface area is 208 Å². The zero-order valence-corrected chi connectivity index (χ0v) is 21.9. The Bertz CT molecular complexity index is 1160.